The van der Waals surface area contributed by atoms with Crippen molar-refractivity contribution in [3.8, 4) is 0 Å². The Morgan fingerprint density at radius 2 is 2.27 bits per heavy atom. The van der Waals surface area contributed by atoms with Gasteiger partial charge in [0.1, 0.15) is 6.04 Å². The summed E-state index contributed by atoms with van der Waals surface area (Å²) in [4.78, 5) is 21.4. The highest BCUT2D eigenvalue weighted by molar-refractivity contribution is 5.89. The fourth-order valence-electron chi connectivity index (χ4n) is 1.74. The number of aliphatic carboxylic acids is 1. The summed E-state index contributed by atoms with van der Waals surface area (Å²) >= 11 is 0. The zero-order chi connectivity index (χ0) is 8.06. The molecule has 1 unspecified atom stereocenters. The van der Waals surface area contributed by atoms with Gasteiger partial charge in [0.25, 0.3) is 0 Å². The molecular weight excluding hydrogens is 146 g/mol. The van der Waals surface area contributed by atoms with Crippen LogP contribution >= 0.6 is 0 Å². The van der Waals surface area contributed by atoms with Crippen molar-refractivity contribution in [3.63, 3.8) is 0 Å². The summed E-state index contributed by atoms with van der Waals surface area (Å²) in [7, 11) is 0. The van der Waals surface area contributed by atoms with E-state index in [1.807, 2.05) is 0 Å². The first-order valence-corrected chi connectivity index (χ1v) is 3.66. The van der Waals surface area contributed by atoms with Crippen molar-refractivity contribution in [2.45, 2.75) is 25.3 Å². The minimum Gasteiger partial charge on any atom is -0.480 e. The molecule has 2 fully saturated rings. The lowest BCUT2D eigenvalue weighted by Gasteiger charge is -2.10. The van der Waals surface area contributed by atoms with E-state index in [4.69, 9.17) is 5.11 Å². The first kappa shape index (κ1) is 6.64. The van der Waals surface area contributed by atoms with Gasteiger partial charge in [0.2, 0.25) is 5.91 Å². The van der Waals surface area contributed by atoms with Crippen LogP contribution in [0.2, 0.25) is 0 Å². The van der Waals surface area contributed by atoms with Crippen LogP contribution in [0.3, 0.4) is 0 Å². The highest BCUT2D eigenvalue weighted by Gasteiger charge is 2.58. The molecule has 4 heteroatoms. The van der Waals surface area contributed by atoms with Crippen molar-refractivity contribution < 1.29 is 14.7 Å². The van der Waals surface area contributed by atoms with Crippen LogP contribution in [0.1, 0.15) is 19.3 Å². The summed E-state index contributed by atoms with van der Waals surface area (Å²) in [5.74, 6) is -1.01. The second-order valence-corrected chi connectivity index (χ2v) is 3.38. The fourth-order valence-corrected chi connectivity index (χ4v) is 1.74. The Balaban J connectivity index is 2.21. The molecule has 0 radical (unpaired) electrons. The maximum atomic E-state index is 10.8. The third kappa shape index (κ3) is 0.818. The summed E-state index contributed by atoms with van der Waals surface area (Å²) in [5, 5.41) is 11.2. The Morgan fingerprint density at radius 1 is 1.64 bits per heavy atom. The van der Waals surface area contributed by atoms with Crippen LogP contribution in [0.4, 0.5) is 0 Å². The topological polar surface area (TPSA) is 66.4 Å². The van der Waals surface area contributed by atoms with Crippen LogP contribution in [-0.2, 0) is 9.59 Å². The molecule has 0 bridgehead atoms. The molecule has 11 heavy (non-hydrogen) atoms. The zero-order valence-corrected chi connectivity index (χ0v) is 5.96. The maximum Gasteiger partial charge on any atom is 0.326 e. The lowest BCUT2D eigenvalue weighted by Crippen LogP contribution is -2.37. The molecule has 4 nitrogen and oxygen atoms in total. The molecule has 2 rings (SSSR count). The summed E-state index contributed by atoms with van der Waals surface area (Å²) in [5.41, 5.74) is -0.205. The van der Waals surface area contributed by atoms with E-state index >= 15 is 0 Å². The largest absolute Gasteiger partial charge is 0.480 e. The number of amides is 1. The SMILES string of the molecule is O=C1CC2(CC2)C(C(=O)O)N1. The standard InChI is InChI=1S/C7H9NO3/c9-4-3-7(1-2-7)5(8-4)6(10)11/h5H,1-3H2,(H,8,9)(H,10,11). The molecule has 1 atom stereocenters. The number of carboxylic acid groups (broad SMARTS) is 1. The maximum absolute atomic E-state index is 10.8. The number of carbonyl (C=O) groups excluding carboxylic acids is 1. The predicted octanol–water partition coefficient (Wildman–Crippen LogP) is -0.260. The van der Waals surface area contributed by atoms with Gasteiger partial charge in [0, 0.05) is 11.8 Å². The molecule has 60 valence electrons. The number of rotatable bonds is 1. The molecule has 0 aromatic carbocycles. The van der Waals surface area contributed by atoms with Gasteiger partial charge in [-0.25, -0.2) is 4.79 Å². The Kier molecular flexibility index (Phi) is 1.06. The molecule has 2 aliphatic rings. The number of nitrogens with one attached hydrogen (secondary N) is 1. The first-order valence-electron chi connectivity index (χ1n) is 3.66. The van der Waals surface area contributed by atoms with Crippen LogP contribution < -0.4 is 5.32 Å². The van der Waals surface area contributed by atoms with Gasteiger partial charge in [-0.2, -0.15) is 0 Å². The summed E-state index contributed by atoms with van der Waals surface area (Å²) in [6, 6.07) is -0.616. The van der Waals surface area contributed by atoms with E-state index < -0.39 is 12.0 Å². The molecule has 2 N–H and O–H groups in total. The van der Waals surface area contributed by atoms with Gasteiger partial charge in [-0.15, -0.1) is 0 Å². The lowest BCUT2D eigenvalue weighted by atomic mass is 9.98. The molecule has 1 saturated carbocycles. The molecule has 1 aliphatic carbocycles. The van der Waals surface area contributed by atoms with Crippen LogP contribution in [0.5, 0.6) is 0 Å². The number of hydrogen-bond acceptors (Lipinski definition) is 2. The van der Waals surface area contributed by atoms with Crippen molar-refractivity contribution in [2.75, 3.05) is 0 Å². The normalized spacial score (nSPS) is 32.0. The van der Waals surface area contributed by atoms with Crippen molar-refractivity contribution in [2.24, 2.45) is 5.41 Å². The fraction of sp³-hybridized carbons (Fsp3) is 0.714. The lowest BCUT2D eigenvalue weighted by molar-refractivity contribution is -0.141. The van der Waals surface area contributed by atoms with E-state index in [2.05, 4.69) is 5.32 Å². The van der Waals surface area contributed by atoms with Gasteiger partial charge in [-0.05, 0) is 12.8 Å². The summed E-state index contributed by atoms with van der Waals surface area (Å²) < 4.78 is 0. The minimum atomic E-state index is -0.895. The second kappa shape index (κ2) is 1.75. The van der Waals surface area contributed by atoms with Crippen LogP contribution in [-0.4, -0.2) is 23.0 Å². The number of carboxylic acids is 1. The average molecular weight is 155 g/mol. The van der Waals surface area contributed by atoms with Crippen molar-refractivity contribution in [1.82, 2.24) is 5.32 Å². The molecule has 1 aliphatic heterocycles. The van der Waals surface area contributed by atoms with Crippen molar-refractivity contribution in [3.05, 3.63) is 0 Å². The van der Waals surface area contributed by atoms with E-state index in [1.165, 1.54) is 0 Å². The minimum absolute atomic E-state index is 0.116. The molecule has 1 amide bonds. The summed E-state index contributed by atoms with van der Waals surface area (Å²) in [6.07, 6.45) is 2.16. The van der Waals surface area contributed by atoms with Crippen molar-refractivity contribution in [1.29, 1.82) is 0 Å². The van der Waals surface area contributed by atoms with Crippen LogP contribution in [0.25, 0.3) is 0 Å². The van der Waals surface area contributed by atoms with Gasteiger partial charge in [0.05, 0.1) is 0 Å². The highest BCUT2D eigenvalue weighted by atomic mass is 16.4. The highest BCUT2D eigenvalue weighted by Crippen LogP contribution is 2.54. The van der Waals surface area contributed by atoms with Gasteiger partial charge in [-0.3, -0.25) is 4.79 Å². The van der Waals surface area contributed by atoms with Gasteiger partial charge >= 0.3 is 5.97 Å². The summed E-state index contributed by atoms with van der Waals surface area (Å²) in [6.45, 7) is 0. The van der Waals surface area contributed by atoms with Crippen LogP contribution in [0, 0.1) is 5.41 Å². The van der Waals surface area contributed by atoms with Gasteiger partial charge < -0.3 is 10.4 Å². The zero-order valence-electron chi connectivity index (χ0n) is 5.96. The molecular formula is C7H9NO3. The van der Waals surface area contributed by atoms with Crippen LogP contribution in [0.15, 0.2) is 0 Å². The molecule has 0 aromatic heterocycles. The van der Waals surface area contributed by atoms with Gasteiger partial charge in [0.15, 0.2) is 0 Å². The van der Waals surface area contributed by atoms with E-state index in [0.29, 0.717) is 6.42 Å². The third-order valence-electron chi connectivity index (χ3n) is 2.57. The molecule has 0 aromatic rings. The Labute approximate surface area is 63.6 Å². The van der Waals surface area contributed by atoms with E-state index in [9.17, 15) is 9.59 Å². The van der Waals surface area contributed by atoms with E-state index in [0.717, 1.165) is 12.8 Å². The third-order valence-corrected chi connectivity index (χ3v) is 2.57. The van der Waals surface area contributed by atoms with E-state index in [1.54, 1.807) is 0 Å². The molecule has 1 saturated heterocycles. The quantitative estimate of drug-likeness (QED) is 0.548. The Hall–Kier alpha value is -1.06. The second-order valence-electron chi connectivity index (χ2n) is 3.38. The smallest absolute Gasteiger partial charge is 0.326 e. The Morgan fingerprint density at radius 3 is 2.64 bits per heavy atom. The van der Waals surface area contributed by atoms with Gasteiger partial charge in [-0.1, -0.05) is 0 Å². The average Bonchev–Trinajstić information content (AvgIpc) is 2.54. The Bertz CT molecular complexity index is 232. The molecule has 1 heterocycles. The number of carbonyl (C=O) groups is 2. The molecule has 1 spiro atoms. The monoisotopic (exact) mass is 155 g/mol. The first-order chi connectivity index (χ1) is 5.14. The number of hydrogen-bond donors (Lipinski definition) is 2. The predicted molar refractivity (Wildman–Crippen MR) is 35.9 cm³/mol. The van der Waals surface area contributed by atoms with Crippen molar-refractivity contribution >= 4 is 11.9 Å². The van der Waals surface area contributed by atoms with E-state index in [-0.39, 0.29) is 11.3 Å².